The van der Waals surface area contributed by atoms with Crippen molar-refractivity contribution >= 4 is 5.91 Å². The maximum atomic E-state index is 11.9. The lowest BCUT2D eigenvalue weighted by Gasteiger charge is -2.29. The van der Waals surface area contributed by atoms with E-state index in [2.05, 4.69) is 17.1 Å². The molecular weight excluding hydrogens is 242 g/mol. The number of carbonyl (C=O) groups excluding carboxylic acids is 1. The highest BCUT2D eigenvalue weighted by Gasteiger charge is 2.18. The van der Waals surface area contributed by atoms with Crippen LogP contribution >= 0.6 is 0 Å². The topological polar surface area (TPSA) is 78.6 Å². The van der Waals surface area contributed by atoms with E-state index in [4.69, 9.17) is 10.8 Å². The van der Waals surface area contributed by atoms with Crippen molar-refractivity contribution in [2.45, 2.75) is 45.1 Å². The maximum Gasteiger partial charge on any atom is 0.234 e. The Morgan fingerprint density at radius 3 is 2.68 bits per heavy atom. The fourth-order valence-electron chi connectivity index (χ4n) is 2.57. The van der Waals surface area contributed by atoms with Crippen molar-refractivity contribution < 1.29 is 9.90 Å². The van der Waals surface area contributed by atoms with Crippen molar-refractivity contribution in [3.63, 3.8) is 0 Å². The second-order valence-electron chi connectivity index (χ2n) is 5.58. The SMILES string of the molecule is CCCC(CCO)CNC(=O)CN1CCC(N)CC1. The molecule has 19 heavy (non-hydrogen) atoms. The van der Waals surface area contributed by atoms with Gasteiger partial charge in [-0.3, -0.25) is 9.69 Å². The molecule has 0 aromatic heterocycles. The van der Waals surface area contributed by atoms with E-state index in [0.29, 0.717) is 25.0 Å². The van der Waals surface area contributed by atoms with Crippen molar-refractivity contribution in [3.8, 4) is 0 Å². The van der Waals surface area contributed by atoms with Crippen LogP contribution in [0.1, 0.15) is 39.0 Å². The van der Waals surface area contributed by atoms with Gasteiger partial charge in [0.25, 0.3) is 0 Å². The Hall–Kier alpha value is -0.650. The third-order valence-corrected chi connectivity index (χ3v) is 3.82. The van der Waals surface area contributed by atoms with Crippen LogP contribution in [0, 0.1) is 5.92 Å². The Kier molecular flexibility index (Phi) is 8.02. The predicted molar refractivity (Wildman–Crippen MR) is 76.8 cm³/mol. The molecule has 5 nitrogen and oxygen atoms in total. The molecule has 4 N–H and O–H groups in total. The molecule has 0 radical (unpaired) electrons. The number of amides is 1. The number of piperidine rings is 1. The zero-order chi connectivity index (χ0) is 14.1. The van der Waals surface area contributed by atoms with Gasteiger partial charge in [-0.2, -0.15) is 0 Å². The molecule has 1 aliphatic rings. The smallest absolute Gasteiger partial charge is 0.234 e. The van der Waals surface area contributed by atoms with Crippen LogP contribution in [0.2, 0.25) is 0 Å². The third-order valence-electron chi connectivity index (χ3n) is 3.82. The molecule has 0 bridgehead atoms. The summed E-state index contributed by atoms with van der Waals surface area (Å²) in [5.41, 5.74) is 5.84. The number of carbonyl (C=O) groups is 1. The molecule has 1 heterocycles. The first-order valence-corrected chi connectivity index (χ1v) is 7.51. The second-order valence-corrected chi connectivity index (χ2v) is 5.58. The molecule has 1 amide bonds. The zero-order valence-electron chi connectivity index (χ0n) is 12.1. The Morgan fingerprint density at radius 2 is 2.11 bits per heavy atom. The van der Waals surface area contributed by atoms with E-state index in [1.54, 1.807) is 0 Å². The van der Waals surface area contributed by atoms with Crippen LogP contribution in [0.5, 0.6) is 0 Å². The molecule has 0 aromatic rings. The number of nitrogens with zero attached hydrogens (tertiary/aromatic N) is 1. The van der Waals surface area contributed by atoms with E-state index in [-0.39, 0.29) is 12.5 Å². The summed E-state index contributed by atoms with van der Waals surface area (Å²) >= 11 is 0. The fraction of sp³-hybridized carbons (Fsp3) is 0.929. The third kappa shape index (κ3) is 6.89. The second kappa shape index (κ2) is 9.28. The minimum absolute atomic E-state index is 0.0921. The first kappa shape index (κ1) is 16.4. The zero-order valence-corrected chi connectivity index (χ0v) is 12.1. The van der Waals surface area contributed by atoms with Gasteiger partial charge >= 0.3 is 0 Å². The first-order valence-electron chi connectivity index (χ1n) is 7.51. The summed E-state index contributed by atoms with van der Waals surface area (Å²) in [7, 11) is 0. The standard InChI is InChI=1S/C14H29N3O2/c1-2-3-12(6-9-18)10-16-14(19)11-17-7-4-13(15)5-8-17/h12-13,18H,2-11,15H2,1H3,(H,16,19). The first-order chi connectivity index (χ1) is 9.15. The maximum absolute atomic E-state index is 11.9. The average Bonchev–Trinajstić information content (AvgIpc) is 2.39. The van der Waals surface area contributed by atoms with Gasteiger partial charge in [-0.05, 0) is 31.6 Å². The van der Waals surface area contributed by atoms with Crippen LogP contribution in [-0.4, -0.2) is 54.7 Å². The number of nitrogens with one attached hydrogen (secondary N) is 1. The van der Waals surface area contributed by atoms with Crippen molar-refractivity contribution in [1.82, 2.24) is 10.2 Å². The van der Waals surface area contributed by atoms with Crippen molar-refractivity contribution in [2.75, 3.05) is 32.8 Å². The van der Waals surface area contributed by atoms with Crippen molar-refractivity contribution in [3.05, 3.63) is 0 Å². The largest absolute Gasteiger partial charge is 0.396 e. The number of rotatable bonds is 8. The molecule has 1 unspecified atom stereocenters. The van der Waals surface area contributed by atoms with Gasteiger partial charge in [0.15, 0.2) is 0 Å². The summed E-state index contributed by atoms with van der Waals surface area (Å²) in [5.74, 6) is 0.489. The molecule has 0 aliphatic carbocycles. The van der Waals surface area contributed by atoms with Crippen LogP contribution < -0.4 is 11.1 Å². The Labute approximate surface area is 116 Å². The number of likely N-dealkylation sites (tertiary alicyclic amines) is 1. The summed E-state index contributed by atoms with van der Waals surface area (Å²) in [6.07, 6.45) is 4.88. The predicted octanol–water partition coefficient (Wildman–Crippen LogP) is 0.324. The van der Waals surface area contributed by atoms with E-state index in [1.807, 2.05) is 0 Å². The molecule has 1 rings (SSSR count). The van der Waals surface area contributed by atoms with E-state index in [9.17, 15) is 4.79 Å². The summed E-state index contributed by atoms with van der Waals surface area (Å²) in [5, 5.41) is 12.0. The molecule has 5 heteroatoms. The van der Waals surface area contributed by atoms with E-state index < -0.39 is 0 Å². The summed E-state index contributed by atoms with van der Waals surface area (Å²) in [6, 6.07) is 0.304. The average molecular weight is 271 g/mol. The highest BCUT2D eigenvalue weighted by Crippen LogP contribution is 2.10. The molecule has 0 spiro atoms. The van der Waals surface area contributed by atoms with Gasteiger partial charge in [-0.25, -0.2) is 0 Å². The van der Waals surface area contributed by atoms with E-state index >= 15 is 0 Å². The summed E-state index contributed by atoms with van der Waals surface area (Å²) < 4.78 is 0. The Balaban J connectivity index is 2.19. The molecule has 1 saturated heterocycles. The lowest BCUT2D eigenvalue weighted by molar-refractivity contribution is -0.122. The van der Waals surface area contributed by atoms with Gasteiger partial charge in [-0.15, -0.1) is 0 Å². The lowest BCUT2D eigenvalue weighted by Crippen LogP contribution is -2.45. The van der Waals surface area contributed by atoms with Crippen LogP contribution in [-0.2, 0) is 4.79 Å². The molecule has 1 fully saturated rings. The lowest BCUT2D eigenvalue weighted by atomic mass is 10.0. The minimum Gasteiger partial charge on any atom is -0.396 e. The van der Waals surface area contributed by atoms with Crippen LogP contribution in [0.25, 0.3) is 0 Å². The highest BCUT2D eigenvalue weighted by molar-refractivity contribution is 5.78. The molecular formula is C14H29N3O2. The van der Waals surface area contributed by atoms with Gasteiger partial charge in [0.1, 0.15) is 0 Å². The van der Waals surface area contributed by atoms with Crippen LogP contribution in [0.15, 0.2) is 0 Å². The quantitative estimate of drug-likeness (QED) is 0.594. The summed E-state index contributed by atoms with van der Waals surface area (Å²) in [4.78, 5) is 14.0. The van der Waals surface area contributed by atoms with Gasteiger partial charge in [0.05, 0.1) is 6.54 Å². The van der Waals surface area contributed by atoms with E-state index in [0.717, 1.165) is 45.2 Å². The molecule has 1 atom stereocenters. The molecule has 112 valence electrons. The molecule has 1 aliphatic heterocycles. The van der Waals surface area contributed by atoms with Gasteiger partial charge in [0.2, 0.25) is 5.91 Å². The van der Waals surface area contributed by atoms with Crippen molar-refractivity contribution in [2.24, 2.45) is 11.7 Å². The number of aliphatic hydroxyl groups is 1. The number of aliphatic hydroxyl groups excluding tert-OH is 1. The number of hydrogen-bond acceptors (Lipinski definition) is 4. The van der Waals surface area contributed by atoms with Gasteiger partial charge < -0.3 is 16.2 Å². The number of hydrogen-bond donors (Lipinski definition) is 3. The Bertz CT molecular complexity index is 247. The van der Waals surface area contributed by atoms with Crippen molar-refractivity contribution in [1.29, 1.82) is 0 Å². The van der Waals surface area contributed by atoms with Gasteiger partial charge in [-0.1, -0.05) is 13.3 Å². The molecule has 0 aromatic carbocycles. The summed E-state index contributed by atoms with van der Waals surface area (Å²) in [6.45, 7) is 5.33. The minimum atomic E-state index is 0.0921. The van der Waals surface area contributed by atoms with Gasteiger partial charge in [0, 0.05) is 32.3 Å². The monoisotopic (exact) mass is 271 g/mol. The normalized spacial score (nSPS) is 19.3. The number of nitrogens with two attached hydrogens (primary N) is 1. The fourth-order valence-corrected chi connectivity index (χ4v) is 2.57. The van der Waals surface area contributed by atoms with E-state index in [1.165, 1.54) is 0 Å². The molecule has 0 saturated carbocycles. The van der Waals surface area contributed by atoms with Crippen LogP contribution in [0.3, 0.4) is 0 Å². The Morgan fingerprint density at radius 1 is 1.42 bits per heavy atom. The highest BCUT2D eigenvalue weighted by atomic mass is 16.3. The van der Waals surface area contributed by atoms with Crippen LogP contribution in [0.4, 0.5) is 0 Å².